The van der Waals surface area contributed by atoms with E-state index in [-0.39, 0.29) is 17.9 Å². The van der Waals surface area contributed by atoms with Crippen molar-refractivity contribution in [2.24, 2.45) is 0 Å². The number of hydrogen-bond donors (Lipinski definition) is 1. The SMILES string of the molecule is C[C@H](NCc1ccc(N2CCOCC2)c(F)c1)[C@@H](C)n1cccn1. The van der Waals surface area contributed by atoms with Gasteiger partial charge in [-0.25, -0.2) is 4.39 Å². The van der Waals surface area contributed by atoms with Crippen molar-refractivity contribution < 1.29 is 9.13 Å². The van der Waals surface area contributed by atoms with Crippen LogP contribution in [0, 0.1) is 5.82 Å². The second-order valence-corrected chi connectivity index (χ2v) is 6.28. The Morgan fingerprint density at radius 2 is 2.08 bits per heavy atom. The highest BCUT2D eigenvalue weighted by Gasteiger charge is 2.16. The van der Waals surface area contributed by atoms with Crippen LogP contribution in [0.2, 0.25) is 0 Å². The number of hydrogen-bond acceptors (Lipinski definition) is 4. The summed E-state index contributed by atoms with van der Waals surface area (Å²) in [5.41, 5.74) is 1.61. The van der Waals surface area contributed by atoms with E-state index in [1.807, 2.05) is 34.0 Å². The van der Waals surface area contributed by atoms with Gasteiger partial charge in [0.2, 0.25) is 0 Å². The molecule has 0 amide bonds. The number of nitrogens with one attached hydrogen (secondary N) is 1. The van der Waals surface area contributed by atoms with Crippen LogP contribution in [0.5, 0.6) is 0 Å². The Bertz CT molecular complexity index is 640. The molecule has 0 radical (unpaired) electrons. The van der Waals surface area contributed by atoms with Gasteiger partial charge in [0, 0.05) is 38.1 Å². The molecule has 2 heterocycles. The molecule has 0 unspecified atom stereocenters. The monoisotopic (exact) mass is 332 g/mol. The molecule has 1 aliphatic heterocycles. The van der Waals surface area contributed by atoms with Gasteiger partial charge in [-0.3, -0.25) is 4.68 Å². The minimum atomic E-state index is -0.163. The summed E-state index contributed by atoms with van der Waals surface area (Å²) in [6.45, 7) is 7.67. The molecule has 6 heteroatoms. The highest BCUT2D eigenvalue weighted by molar-refractivity contribution is 5.49. The maximum absolute atomic E-state index is 14.4. The van der Waals surface area contributed by atoms with Crippen molar-refractivity contribution in [3.63, 3.8) is 0 Å². The van der Waals surface area contributed by atoms with E-state index in [2.05, 4.69) is 24.3 Å². The molecule has 5 nitrogen and oxygen atoms in total. The Kier molecular flexibility index (Phi) is 5.48. The van der Waals surface area contributed by atoms with E-state index in [1.165, 1.54) is 0 Å². The molecular weight excluding hydrogens is 307 g/mol. The largest absolute Gasteiger partial charge is 0.378 e. The fraction of sp³-hybridized carbons (Fsp3) is 0.500. The average molecular weight is 332 g/mol. The van der Waals surface area contributed by atoms with Crippen LogP contribution < -0.4 is 10.2 Å². The number of nitrogens with zero attached hydrogens (tertiary/aromatic N) is 3. The van der Waals surface area contributed by atoms with Crippen LogP contribution in [0.1, 0.15) is 25.5 Å². The second kappa shape index (κ2) is 7.77. The zero-order chi connectivity index (χ0) is 16.9. The number of ether oxygens (including phenoxy) is 1. The summed E-state index contributed by atoms with van der Waals surface area (Å²) in [6.07, 6.45) is 3.74. The maximum Gasteiger partial charge on any atom is 0.146 e. The molecule has 0 spiro atoms. The van der Waals surface area contributed by atoms with Crippen molar-refractivity contribution in [2.45, 2.75) is 32.5 Å². The van der Waals surface area contributed by atoms with E-state index < -0.39 is 0 Å². The van der Waals surface area contributed by atoms with Gasteiger partial charge in [0.25, 0.3) is 0 Å². The maximum atomic E-state index is 14.4. The number of morpholine rings is 1. The summed E-state index contributed by atoms with van der Waals surface area (Å²) in [4.78, 5) is 2.04. The molecule has 0 saturated carbocycles. The molecule has 2 atom stereocenters. The molecule has 24 heavy (non-hydrogen) atoms. The number of benzene rings is 1. The van der Waals surface area contributed by atoms with Gasteiger partial charge in [0.1, 0.15) is 5.82 Å². The van der Waals surface area contributed by atoms with E-state index in [1.54, 1.807) is 12.3 Å². The van der Waals surface area contributed by atoms with Gasteiger partial charge in [0.15, 0.2) is 0 Å². The molecule has 0 aliphatic carbocycles. The summed E-state index contributed by atoms with van der Waals surface area (Å²) < 4.78 is 21.7. The summed E-state index contributed by atoms with van der Waals surface area (Å²) in [5.74, 6) is -0.163. The summed E-state index contributed by atoms with van der Waals surface area (Å²) in [5, 5.41) is 7.72. The molecule has 1 aliphatic rings. The molecule has 2 aromatic rings. The van der Waals surface area contributed by atoms with Gasteiger partial charge < -0.3 is 15.0 Å². The summed E-state index contributed by atoms with van der Waals surface area (Å²) >= 11 is 0. The van der Waals surface area contributed by atoms with Crippen LogP contribution in [0.25, 0.3) is 0 Å². The lowest BCUT2D eigenvalue weighted by atomic mass is 10.1. The number of rotatable bonds is 6. The van der Waals surface area contributed by atoms with Crippen molar-refractivity contribution >= 4 is 5.69 Å². The Labute approximate surface area is 142 Å². The smallest absolute Gasteiger partial charge is 0.146 e. The van der Waals surface area contributed by atoms with Crippen molar-refractivity contribution in [1.29, 1.82) is 0 Å². The fourth-order valence-corrected chi connectivity index (χ4v) is 2.92. The third-order valence-electron chi connectivity index (χ3n) is 4.66. The van der Waals surface area contributed by atoms with E-state index in [0.717, 1.165) is 18.7 Å². The van der Waals surface area contributed by atoms with E-state index in [4.69, 9.17) is 4.74 Å². The molecule has 1 aromatic heterocycles. The predicted octanol–water partition coefficient (Wildman–Crippen LogP) is 2.60. The minimum Gasteiger partial charge on any atom is -0.378 e. The molecule has 1 N–H and O–H groups in total. The van der Waals surface area contributed by atoms with E-state index >= 15 is 0 Å². The van der Waals surface area contributed by atoms with Gasteiger partial charge in [-0.15, -0.1) is 0 Å². The van der Waals surface area contributed by atoms with Gasteiger partial charge >= 0.3 is 0 Å². The third-order valence-corrected chi connectivity index (χ3v) is 4.66. The molecule has 0 bridgehead atoms. The number of anilines is 1. The second-order valence-electron chi connectivity index (χ2n) is 6.28. The molecule has 1 aromatic carbocycles. The van der Waals surface area contributed by atoms with Crippen LogP contribution in [0.3, 0.4) is 0 Å². The summed E-state index contributed by atoms with van der Waals surface area (Å²) in [6, 6.07) is 7.88. The molecule has 3 rings (SSSR count). The van der Waals surface area contributed by atoms with Gasteiger partial charge in [0.05, 0.1) is 24.9 Å². The van der Waals surface area contributed by atoms with Crippen LogP contribution in [-0.4, -0.2) is 42.1 Å². The number of halogens is 1. The highest BCUT2D eigenvalue weighted by Crippen LogP contribution is 2.22. The Balaban J connectivity index is 1.58. The first-order chi connectivity index (χ1) is 11.6. The van der Waals surface area contributed by atoms with E-state index in [0.29, 0.717) is 25.4 Å². The number of aromatic nitrogens is 2. The summed E-state index contributed by atoms with van der Waals surface area (Å²) in [7, 11) is 0. The first kappa shape index (κ1) is 16.9. The van der Waals surface area contributed by atoms with Gasteiger partial charge in [-0.2, -0.15) is 5.10 Å². The normalized spacial score (nSPS) is 17.7. The van der Waals surface area contributed by atoms with Crippen LogP contribution >= 0.6 is 0 Å². The van der Waals surface area contributed by atoms with Crippen LogP contribution in [0.15, 0.2) is 36.7 Å². The lowest BCUT2D eigenvalue weighted by Gasteiger charge is -2.29. The van der Waals surface area contributed by atoms with E-state index in [9.17, 15) is 4.39 Å². The van der Waals surface area contributed by atoms with Crippen molar-refractivity contribution in [3.05, 3.63) is 48.0 Å². The van der Waals surface area contributed by atoms with Crippen molar-refractivity contribution in [1.82, 2.24) is 15.1 Å². The Morgan fingerprint density at radius 3 is 2.75 bits per heavy atom. The first-order valence-electron chi connectivity index (χ1n) is 8.49. The molecule has 1 fully saturated rings. The fourth-order valence-electron chi connectivity index (χ4n) is 2.92. The lowest BCUT2D eigenvalue weighted by Crippen LogP contribution is -2.36. The predicted molar refractivity (Wildman–Crippen MR) is 92.7 cm³/mol. The highest BCUT2D eigenvalue weighted by atomic mass is 19.1. The zero-order valence-electron chi connectivity index (χ0n) is 14.3. The molecule has 1 saturated heterocycles. The van der Waals surface area contributed by atoms with Gasteiger partial charge in [-0.1, -0.05) is 6.07 Å². The van der Waals surface area contributed by atoms with Crippen LogP contribution in [0.4, 0.5) is 10.1 Å². The van der Waals surface area contributed by atoms with Crippen molar-refractivity contribution in [2.75, 3.05) is 31.2 Å². The van der Waals surface area contributed by atoms with Crippen LogP contribution in [-0.2, 0) is 11.3 Å². The molecule has 130 valence electrons. The topological polar surface area (TPSA) is 42.3 Å². The standard InChI is InChI=1S/C18H25FN4O/c1-14(15(2)23-7-3-6-21-23)20-13-16-4-5-18(17(19)12-16)22-8-10-24-11-9-22/h3-7,12,14-15,20H,8-11,13H2,1-2H3/t14-,15+/m0/s1. The lowest BCUT2D eigenvalue weighted by molar-refractivity contribution is 0.122. The van der Waals surface area contributed by atoms with Crippen molar-refractivity contribution in [3.8, 4) is 0 Å². The third kappa shape index (κ3) is 3.94. The first-order valence-corrected chi connectivity index (χ1v) is 8.49. The quantitative estimate of drug-likeness (QED) is 0.883. The average Bonchev–Trinajstić information content (AvgIpc) is 3.14. The zero-order valence-corrected chi connectivity index (χ0v) is 14.3. The van der Waals surface area contributed by atoms with Gasteiger partial charge in [-0.05, 0) is 37.6 Å². The Hall–Kier alpha value is -1.92. The molecular formula is C18H25FN4O. The Morgan fingerprint density at radius 1 is 1.29 bits per heavy atom. The minimum absolute atomic E-state index is 0.163.